The molecule has 9 nitrogen and oxygen atoms in total. The Morgan fingerprint density at radius 3 is 2.37 bits per heavy atom. The zero-order chi connectivity index (χ0) is 30.9. The first kappa shape index (κ1) is 32.1. The van der Waals surface area contributed by atoms with Crippen LogP contribution in [0.1, 0.15) is 41.0 Å². The monoisotopic (exact) mass is 603 g/mol. The van der Waals surface area contributed by atoms with E-state index >= 15 is 0 Å². The van der Waals surface area contributed by atoms with Crippen molar-refractivity contribution in [2.45, 2.75) is 46.1 Å². The van der Waals surface area contributed by atoms with Gasteiger partial charge in [0.2, 0.25) is 0 Å². The fourth-order valence-corrected chi connectivity index (χ4v) is 4.97. The van der Waals surface area contributed by atoms with Gasteiger partial charge in [0.15, 0.2) is 0 Å². The molecule has 43 heavy (non-hydrogen) atoms. The Morgan fingerprint density at radius 1 is 0.953 bits per heavy atom. The second-order valence-electron chi connectivity index (χ2n) is 10.5. The first-order valence-electron chi connectivity index (χ1n) is 14.1. The van der Waals surface area contributed by atoms with Gasteiger partial charge in [0.25, 0.3) is 5.91 Å². The number of rotatable bonds is 13. The molecule has 0 fully saturated rings. The number of ether oxygens (including phenoxy) is 1. The molecule has 226 valence electrons. The molecule has 2 aromatic heterocycles. The van der Waals surface area contributed by atoms with Gasteiger partial charge < -0.3 is 30.9 Å². The van der Waals surface area contributed by atoms with E-state index in [1.165, 1.54) is 0 Å². The first-order chi connectivity index (χ1) is 20.7. The summed E-state index contributed by atoms with van der Waals surface area (Å²) in [7, 11) is 1.62. The van der Waals surface area contributed by atoms with Gasteiger partial charge in [0, 0.05) is 61.0 Å². The van der Waals surface area contributed by atoms with E-state index in [1.807, 2.05) is 55.5 Å². The lowest BCUT2D eigenvalue weighted by atomic mass is 9.97. The molecule has 0 saturated carbocycles. The Balaban J connectivity index is 1.54. The second kappa shape index (κ2) is 15.0. The quantitative estimate of drug-likeness (QED) is 0.145. The zero-order valence-corrected chi connectivity index (χ0v) is 25.6. The summed E-state index contributed by atoms with van der Waals surface area (Å²) in [4.78, 5) is 21.9. The van der Waals surface area contributed by atoms with Crippen LogP contribution in [0.3, 0.4) is 0 Å². The summed E-state index contributed by atoms with van der Waals surface area (Å²) in [6, 6.07) is 16.9. The molecular weight excluding hydrogens is 566 g/mol. The molecule has 10 heteroatoms. The average Bonchev–Trinajstić information content (AvgIpc) is 2.98. The highest BCUT2D eigenvalue weighted by molar-refractivity contribution is 6.35. The summed E-state index contributed by atoms with van der Waals surface area (Å²) < 4.78 is 5.63. The number of hydrogen-bond acceptors (Lipinski definition) is 8. The molecule has 2 aromatic carbocycles. The molecule has 0 saturated heterocycles. The molecular formula is C33H38ClN5O4. The van der Waals surface area contributed by atoms with E-state index in [2.05, 4.69) is 25.9 Å². The van der Waals surface area contributed by atoms with Crippen LogP contribution in [0.5, 0.6) is 5.75 Å². The van der Waals surface area contributed by atoms with Gasteiger partial charge in [0.1, 0.15) is 11.4 Å². The van der Waals surface area contributed by atoms with Gasteiger partial charge in [0.05, 0.1) is 30.0 Å². The number of benzene rings is 2. The van der Waals surface area contributed by atoms with Crippen LogP contribution in [0.2, 0.25) is 5.02 Å². The predicted octanol–water partition coefficient (Wildman–Crippen LogP) is 4.97. The third-order valence-electron chi connectivity index (χ3n) is 6.90. The number of anilines is 1. The van der Waals surface area contributed by atoms with Gasteiger partial charge >= 0.3 is 0 Å². The molecule has 4 rings (SSSR count). The zero-order valence-electron chi connectivity index (χ0n) is 24.8. The van der Waals surface area contributed by atoms with Gasteiger partial charge in [-0.15, -0.1) is 0 Å². The maximum atomic E-state index is 13.0. The van der Waals surface area contributed by atoms with E-state index in [4.69, 9.17) is 16.3 Å². The van der Waals surface area contributed by atoms with Crippen LogP contribution in [0.4, 0.5) is 5.69 Å². The molecule has 0 aliphatic carbocycles. The molecule has 1 amide bonds. The minimum absolute atomic E-state index is 0.298. The fraction of sp³-hybridized carbons (Fsp3) is 0.303. The number of nitrogens with one attached hydrogen (secondary N) is 3. The Hall–Kier alpha value is -3.86. The fourth-order valence-electron chi connectivity index (χ4n) is 4.64. The summed E-state index contributed by atoms with van der Waals surface area (Å²) in [5.74, 6) is 0.373. The number of nitrogens with zero attached hydrogens (tertiary/aromatic N) is 2. The van der Waals surface area contributed by atoms with E-state index in [-0.39, 0.29) is 5.91 Å². The molecule has 2 atom stereocenters. The smallest absolute Gasteiger partial charge is 0.274 e. The largest absolute Gasteiger partial charge is 0.496 e. The highest BCUT2D eigenvalue weighted by Gasteiger charge is 2.17. The number of aromatic nitrogens is 2. The van der Waals surface area contributed by atoms with Crippen LogP contribution in [0.15, 0.2) is 67.0 Å². The van der Waals surface area contributed by atoms with E-state index in [0.717, 1.165) is 33.4 Å². The number of hydrogen-bond donors (Lipinski definition) is 5. The molecule has 4 aromatic rings. The minimum atomic E-state index is -0.440. The van der Waals surface area contributed by atoms with Crippen molar-refractivity contribution < 1.29 is 19.7 Å². The van der Waals surface area contributed by atoms with Gasteiger partial charge in [-0.2, -0.15) is 0 Å². The van der Waals surface area contributed by atoms with Crippen molar-refractivity contribution in [1.29, 1.82) is 0 Å². The van der Waals surface area contributed by atoms with Gasteiger partial charge in [-0.25, -0.2) is 0 Å². The predicted molar refractivity (Wildman–Crippen MR) is 170 cm³/mol. The lowest BCUT2D eigenvalue weighted by Gasteiger charge is -2.16. The number of carbonyl (C=O) groups is 1. The lowest BCUT2D eigenvalue weighted by Crippen LogP contribution is -2.24. The maximum Gasteiger partial charge on any atom is 0.274 e. The Labute approximate surface area is 257 Å². The topological polar surface area (TPSA) is 129 Å². The normalized spacial score (nSPS) is 12.5. The summed E-state index contributed by atoms with van der Waals surface area (Å²) in [6.07, 6.45) is 2.49. The molecule has 2 unspecified atom stereocenters. The second-order valence-corrected chi connectivity index (χ2v) is 10.9. The minimum Gasteiger partial charge on any atom is -0.496 e. The van der Waals surface area contributed by atoms with Crippen molar-refractivity contribution in [2.24, 2.45) is 0 Å². The lowest BCUT2D eigenvalue weighted by molar-refractivity contribution is 0.102. The highest BCUT2D eigenvalue weighted by atomic mass is 35.5. The van der Waals surface area contributed by atoms with Crippen LogP contribution in [-0.4, -0.2) is 58.5 Å². The van der Waals surface area contributed by atoms with E-state index in [0.29, 0.717) is 54.0 Å². The number of pyridine rings is 2. The van der Waals surface area contributed by atoms with Crippen molar-refractivity contribution in [2.75, 3.05) is 25.5 Å². The molecule has 5 N–H and O–H groups in total. The standard InChI is InChI=1S/C33H38ClN5O4/c1-20(40)15-35-17-23-8-11-29(38-18-23)33(42)39-28-7-5-6-26(22(28)3)27-12-13-37-32(31(27)34)24-9-10-25(30(14-24)43-4)19-36-16-21(2)41/h5-14,18,20-21,35-36,40-41H,15-17,19H2,1-4H3,(H,39,42). The van der Waals surface area contributed by atoms with Crippen LogP contribution >= 0.6 is 11.6 Å². The SMILES string of the molecule is COc1cc(-c2nccc(-c3cccc(NC(=O)c4ccc(CNCC(C)O)cn4)c3C)c2Cl)ccc1CNCC(C)O. The summed E-state index contributed by atoms with van der Waals surface area (Å²) in [5.41, 5.74) is 6.74. The van der Waals surface area contributed by atoms with Crippen LogP contribution in [0.25, 0.3) is 22.4 Å². The summed E-state index contributed by atoms with van der Waals surface area (Å²) in [6.45, 7) is 7.44. The number of halogens is 1. The molecule has 0 bridgehead atoms. The average molecular weight is 604 g/mol. The Bertz CT molecular complexity index is 1540. The van der Waals surface area contributed by atoms with E-state index in [1.54, 1.807) is 39.4 Å². The van der Waals surface area contributed by atoms with Crippen molar-refractivity contribution in [3.05, 3.63) is 94.4 Å². The number of carbonyl (C=O) groups excluding carboxylic acids is 1. The third-order valence-corrected chi connectivity index (χ3v) is 7.29. The molecule has 0 radical (unpaired) electrons. The molecule has 0 aliphatic rings. The number of aliphatic hydroxyl groups excluding tert-OH is 2. The number of methoxy groups -OCH3 is 1. The third kappa shape index (κ3) is 8.37. The van der Waals surface area contributed by atoms with Crippen LogP contribution < -0.4 is 20.7 Å². The van der Waals surface area contributed by atoms with Gasteiger partial charge in [-0.3, -0.25) is 14.8 Å². The van der Waals surface area contributed by atoms with Crippen molar-refractivity contribution in [3.63, 3.8) is 0 Å². The highest BCUT2D eigenvalue weighted by Crippen LogP contribution is 2.39. The van der Waals surface area contributed by atoms with E-state index < -0.39 is 12.2 Å². The molecule has 0 spiro atoms. The van der Waals surface area contributed by atoms with E-state index in [9.17, 15) is 15.0 Å². The van der Waals surface area contributed by atoms with Gasteiger partial charge in [-0.1, -0.05) is 41.9 Å². The number of amides is 1. The Morgan fingerprint density at radius 2 is 1.70 bits per heavy atom. The maximum absolute atomic E-state index is 13.0. The Kier molecular flexibility index (Phi) is 11.2. The first-order valence-corrected chi connectivity index (χ1v) is 14.5. The number of aliphatic hydroxyl groups is 2. The summed E-state index contributed by atoms with van der Waals surface area (Å²) >= 11 is 6.97. The van der Waals surface area contributed by atoms with Crippen molar-refractivity contribution >= 4 is 23.2 Å². The van der Waals surface area contributed by atoms with Gasteiger partial charge in [-0.05, 0) is 61.7 Å². The van der Waals surface area contributed by atoms with Crippen LogP contribution in [-0.2, 0) is 13.1 Å². The van der Waals surface area contributed by atoms with Crippen molar-refractivity contribution in [1.82, 2.24) is 20.6 Å². The van der Waals surface area contributed by atoms with Crippen molar-refractivity contribution in [3.8, 4) is 28.1 Å². The van der Waals surface area contributed by atoms with Crippen LogP contribution in [0, 0.1) is 6.92 Å². The molecule has 0 aliphatic heterocycles. The molecule has 2 heterocycles. The summed E-state index contributed by atoms with van der Waals surface area (Å²) in [5, 5.41) is 28.7.